The van der Waals surface area contributed by atoms with E-state index in [1.807, 2.05) is 31.2 Å². The molecule has 0 heterocycles. The molecule has 0 unspecified atom stereocenters. The van der Waals surface area contributed by atoms with Gasteiger partial charge in [-0.1, -0.05) is 6.92 Å². The molecule has 0 radical (unpaired) electrons. The standard InChI is InChI=1S/C13H19NO3/c1-3-4-13(15)14-9-10-17-12-7-5-11(16-2)6-8-12/h5-8H,3-4,9-10H2,1-2H3,(H,14,15). The molecule has 1 rings (SSSR count). The van der Waals surface area contributed by atoms with Crippen molar-refractivity contribution in [2.45, 2.75) is 19.8 Å². The Morgan fingerprint density at radius 3 is 2.47 bits per heavy atom. The minimum atomic E-state index is 0.0748. The van der Waals surface area contributed by atoms with Crippen molar-refractivity contribution in [2.75, 3.05) is 20.3 Å². The fourth-order valence-electron chi connectivity index (χ4n) is 1.35. The molecule has 0 aliphatic carbocycles. The van der Waals surface area contributed by atoms with E-state index in [0.29, 0.717) is 19.6 Å². The first-order chi connectivity index (χ1) is 8.26. The first-order valence-electron chi connectivity index (χ1n) is 5.79. The number of hydrogen-bond donors (Lipinski definition) is 1. The fraction of sp³-hybridized carbons (Fsp3) is 0.462. The molecular formula is C13H19NO3. The average Bonchev–Trinajstić information content (AvgIpc) is 2.36. The number of carbonyl (C=O) groups is 1. The van der Waals surface area contributed by atoms with Gasteiger partial charge in [0.1, 0.15) is 18.1 Å². The molecule has 4 nitrogen and oxygen atoms in total. The van der Waals surface area contributed by atoms with Gasteiger partial charge in [0.2, 0.25) is 5.91 Å². The van der Waals surface area contributed by atoms with Crippen molar-refractivity contribution in [3.63, 3.8) is 0 Å². The summed E-state index contributed by atoms with van der Waals surface area (Å²) in [4.78, 5) is 11.2. The van der Waals surface area contributed by atoms with Crippen LogP contribution in [-0.2, 0) is 4.79 Å². The van der Waals surface area contributed by atoms with E-state index in [9.17, 15) is 4.79 Å². The van der Waals surface area contributed by atoms with E-state index >= 15 is 0 Å². The van der Waals surface area contributed by atoms with Crippen LogP contribution in [-0.4, -0.2) is 26.2 Å². The zero-order valence-corrected chi connectivity index (χ0v) is 10.4. The molecule has 0 aliphatic rings. The third-order valence-electron chi connectivity index (χ3n) is 2.23. The first kappa shape index (κ1) is 13.4. The van der Waals surface area contributed by atoms with Crippen LogP contribution in [0.5, 0.6) is 11.5 Å². The van der Waals surface area contributed by atoms with Crippen LogP contribution in [0.15, 0.2) is 24.3 Å². The Balaban J connectivity index is 2.19. The van der Waals surface area contributed by atoms with E-state index < -0.39 is 0 Å². The third-order valence-corrected chi connectivity index (χ3v) is 2.23. The monoisotopic (exact) mass is 237 g/mol. The summed E-state index contributed by atoms with van der Waals surface area (Å²) in [5.41, 5.74) is 0. The summed E-state index contributed by atoms with van der Waals surface area (Å²) in [5, 5.41) is 2.79. The summed E-state index contributed by atoms with van der Waals surface area (Å²) in [7, 11) is 1.62. The highest BCUT2D eigenvalue weighted by Crippen LogP contribution is 2.16. The minimum absolute atomic E-state index is 0.0748. The smallest absolute Gasteiger partial charge is 0.220 e. The second kappa shape index (κ2) is 7.54. The average molecular weight is 237 g/mol. The van der Waals surface area contributed by atoms with E-state index in [4.69, 9.17) is 9.47 Å². The van der Waals surface area contributed by atoms with Crippen LogP contribution in [0, 0.1) is 0 Å². The Morgan fingerprint density at radius 2 is 1.88 bits per heavy atom. The zero-order valence-electron chi connectivity index (χ0n) is 10.4. The lowest BCUT2D eigenvalue weighted by Gasteiger charge is -2.08. The third kappa shape index (κ3) is 5.24. The zero-order chi connectivity index (χ0) is 12.5. The van der Waals surface area contributed by atoms with E-state index in [1.54, 1.807) is 7.11 Å². The Morgan fingerprint density at radius 1 is 1.24 bits per heavy atom. The van der Waals surface area contributed by atoms with Crippen molar-refractivity contribution in [1.82, 2.24) is 5.32 Å². The molecule has 1 N–H and O–H groups in total. The van der Waals surface area contributed by atoms with Crippen LogP contribution in [0.4, 0.5) is 0 Å². The summed E-state index contributed by atoms with van der Waals surface area (Å²) in [5.74, 6) is 1.65. The molecule has 1 aromatic rings. The predicted octanol–water partition coefficient (Wildman–Crippen LogP) is 1.99. The molecule has 0 aliphatic heterocycles. The number of benzene rings is 1. The molecular weight excluding hydrogens is 218 g/mol. The van der Waals surface area contributed by atoms with Crippen LogP contribution in [0.3, 0.4) is 0 Å². The lowest BCUT2D eigenvalue weighted by Crippen LogP contribution is -2.27. The normalized spacial score (nSPS) is 9.76. The van der Waals surface area contributed by atoms with Gasteiger partial charge in [-0.3, -0.25) is 4.79 Å². The van der Waals surface area contributed by atoms with Crippen molar-refractivity contribution >= 4 is 5.91 Å². The van der Waals surface area contributed by atoms with Gasteiger partial charge in [0.25, 0.3) is 0 Å². The van der Waals surface area contributed by atoms with Crippen LogP contribution < -0.4 is 14.8 Å². The van der Waals surface area contributed by atoms with Crippen molar-refractivity contribution < 1.29 is 14.3 Å². The summed E-state index contributed by atoms with van der Waals surface area (Å²) < 4.78 is 10.5. The Labute approximate surface area is 102 Å². The number of carbonyl (C=O) groups excluding carboxylic acids is 1. The molecule has 1 aromatic carbocycles. The predicted molar refractivity (Wildman–Crippen MR) is 66.4 cm³/mol. The maximum atomic E-state index is 11.2. The van der Waals surface area contributed by atoms with Gasteiger partial charge in [0.05, 0.1) is 13.7 Å². The van der Waals surface area contributed by atoms with Gasteiger partial charge >= 0.3 is 0 Å². The van der Waals surface area contributed by atoms with Gasteiger partial charge in [0, 0.05) is 6.42 Å². The van der Waals surface area contributed by atoms with Crippen LogP contribution >= 0.6 is 0 Å². The first-order valence-corrected chi connectivity index (χ1v) is 5.79. The lowest BCUT2D eigenvalue weighted by atomic mass is 10.3. The van der Waals surface area contributed by atoms with Gasteiger partial charge in [0.15, 0.2) is 0 Å². The lowest BCUT2D eigenvalue weighted by molar-refractivity contribution is -0.121. The van der Waals surface area contributed by atoms with Crippen LogP contribution in [0.25, 0.3) is 0 Å². The number of ether oxygens (including phenoxy) is 2. The van der Waals surface area contributed by atoms with E-state index in [-0.39, 0.29) is 5.91 Å². The van der Waals surface area contributed by atoms with Gasteiger partial charge in [-0.15, -0.1) is 0 Å². The summed E-state index contributed by atoms with van der Waals surface area (Å²) in [6, 6.07) is 7.36. The maximum absolute atomic E-state index is 11.2. The Bertz CT molecular complexity index is 335. The highest BCUT2D eigenvalue weighted by atomic mass is 16.5. The largest absolute Gasteiger partial charge is 0.497 e. The van der Waals surface area contributed by atoms with E-state index in [0.717, 1.165) is 17.9 Å². The summed E-state index contributed by atoms with van der Waals surface area (Å²) in [6.07, 6.45) is 1.44. The van der Waals surface area contributed by atoms with Crippen molar-refractivity contribution in [3.8, 4) is 11.5 Å². The molecule has 4 heteroatoms. The number of hydrogen-bond acceptors (Lipinski definition) is 3. The second-order valence-electron chi connectivity index (χ2n) is 3.62. The highest BCUT2D eigenvalue weighted by molar-refractivity contribution is 5.75. The molecule has 0 fully saturated rings. The molecule has 0 atom stereocenters. The van der Waals surface area contributed by atoms with Gasteiger partial charge < -0.3 is 14.8 Å². The molecule has 0 spiro atoms. The number of amides is 1. The molecule has 0 saturated carbocycles. The SMILES string of the molecule is CCCC(=O)NCCOc1ccc(OC)cc1. The highest BCUT2D eigenvalue weighted by Gasteiger charge is 1.98. The van der Waals surface area contributed by atoms with Gasteiger partial charge in [-0.25, -0.2) is 0 Å². The van der Waals surface area contributed by atoms with Gasteiger partial charge in [-0.2, -0.15) is 0 Å². The molecule has 17 heavy (non-hydrogen) atoms. The summed E-state index contributed by atoms with van der Waals surface area (Å²) in [6.45, 7) is 2.99. The minimum Gasteiger partial charge on any atom is -0.497 e. The molecule has 1 amide bonds. The number of methoxy groups -OCH3 is 1. The molecule has 0 bridgehead atoms. The Kier molecular flexibility index (Phi) is 5.93. The topological polar surface area (TPSA) is 47.6 Å². The molecule has 0 aromatic heterocycles. The molecule has 0 saturated heterocycles. The number of rotatable bonds is 7. The maximum Gasteiger partial charge on any atom is 0.220 e. The summed E-state index contributed by atoms with van der Waals surface area (Å²) >= 11 is 0. The van der Waals surface area contributed by atoms with Crippen molar-refractivity contribution in [1.29, 1.82) is 0 Å². The van der Waals surface area contributed by atoms with Crippen LogP contribution in [0.2, 0.25) is 0 Å². The van der Waals surface area contributed by atoms with Gasteiger partial charge in [-0.05, 0) is 30.7 Å². The molecule has 94 valence electrons. The van der Waals surface area contributed by atoms with E-state index in [1.165, 1.54) is 0 Å². The number of nitrogens with one attached hydrogen (secondary N) is 1. The van der Waals surface area contributed by atoms with Crippen molar-refractivity contribution in [2.24, 2.45) is 0 Å². The Hall–Kier alpha value is -1.71. The van der Waals surface area contributed by atoms with Crippen molar-refractivity contribution in [3.05, 3.63) is 24.3 Å². The fourth-order valence-corrected chi connectivity index (χ4v) is 1.35. The van der Waals surface area contributed by atoms with E-state index in [2.05, 4.69) is 5.32 Å². The quantitative estimate of drug-likeness (QED) is 0.738. The van der Waals surface area contributed by atoms with Crippen LogP contribution in [0.1, 0.15) is 19.8 Å². The second-order valence-corrected chi connectivity index (χ2v) is 3.62.